The maximum atomic E-state index is 11.8. The highest BCUT2D eigenvalue weighted by molar-refractivity contribution is 6.30. The van der Waals surface area contributed by atoms with Crippen molar-refractivity contribution in [3.63, 3.8) is 0 Å². The van der Waals surface area contributed by atoms with Gasteiger partial charge >= 0.3 is 0 Å². The van der Waals surface area contributed by atoms with E-state index in [2.05, 4.69) is 10.9 Å². The van der Waals surface area contributed by atoms with E-state index in [4.69, 9.17) is 25.8 Å². The minimum atomic E-state index is -0.492. The molecule has 0 atom stereocenters. The van der Waals surface area contributed by atoms with E-state index in [9.17, 15) is 9.59 Å². The molecule has 1 aliphatic rings. The largest absolute Gasteiger partial charge is 0.483 e. The maximum absolute atomic E-state index is 11.8. The van der Waals surface area contributed by atoms with Gasteiger partial charge in [-0.3, -0.25) is 20.4 Å². The van der Waals surface area contributed by atoms with Crippen molar-refractivity contribution < 1.29 is 23.8 Å². The van der Waals surface area contributed by atoms with Crippen molar-refractivity contribution in [2.24, 2.45) is 0 Å². The van der Waals surface area contributed by atoms with Crippen LogP contribution in [0.2, 0.25) is 5.02 Å². The summed E-state index contributed by atoms with van der Waals surface area (Å²) in [5, 5.41) is 0.589. The fourth-order valence-electron chi connectivity index (χ4n) is 2.32. The topological polar surface area (TPSA) is 85.9 Å². The Kier molecular flexibility index (Phi) is 5.83. The maximum Gasteiger partial charge on any atom is 0.276 e. The minimum Gasteiger partial charge on any atom is -0.483 e. The molecule has 0 spiro atoms. The molecule has 0 fully saturated rings. The number of carbonyl (C=O) groups excluding carboxylic acids is 2. The molecule has 0 saturated heterocycles. The van der Waals surface area contributed by atoms with Gasteiger partial charge in [-0.15, -0.1) is 0 Å². The lowest BCUT2D eigenvalue weighted by Gasteiger charge is -2.09. The summed E-state index contributed by atoms with van der Waals surface area (Å²) in [5.74, 6) is 0.863. The number of benzene rings is 2. The Morgan fingerprint density at radius 2 is 1.96 bits per heavy atom. The number of aryl methyl sites for hydroxylation is 1. The van der Waals surface area contributed by atoms with E-state index in [0.717, 1.165) is 11.1 Å². The highest BCUT2D eigenvalue weighted by atomic mass is 35.5. The van der Waals surface area contributed by atoms with E-state index >= 15 is 0 Å². The van der Waals surface area contributed by atoms with Crippen molar-refractivity contribution >= 4 is 29.5 Å². The molecule has 0 aliphatic carbocycles. The van der Waals surface area contributed by atoms with Crippen LogP contribution in [0.3, 0.4) is 0 Å². The van der Waals surface area contributed by atoms with E-state index in [1.54, 1.807) is 42.5 Å². The second-order valence-corrected chi connectivity index (χ2v) is 6.12. The number of halogens is 1. The van der Waals surface area contributed by atoms with Gasteiger partial charge < -0.3 is 14.2 Å². The molecule has 2 amide bonds. The number of fused-ring (bicyclic) bond motifs is 1. The summed E-state index contributed by atoms with van der Waals surface area (Å²) in [7, 11) is 0. The van der Waals surface area contributed by atoms with E-state index < -0.39 is 11.8 Å². The number of rotatable bonds is 5. The Morgan fingerprint density at radius 3 is 2.78 bits per heavy atom. The van der Waals surface area contributed by atoms with Crippen molar-refractivity contribution in [3.05, 3.63) is 58.6 Å². The van der Waals surface area contributed by atoms with Gasteiger partial charge in [0.15, 0.2) is 18.1 Å². The number of hydrazine groups is 1. The van der Waals surface area contributed by atoms with Crippen LogP contribution in [0.4, 0.5) is 0 Å². The molecule has 0 aromatic heterocycles. The molecular weight excluding hydrogens is 372 g/mol. The van der Waals surface area contributed by atoms with Crippen LogP contribution in [0, 0.1) is 6.92 Å². The summed E-state index contributed by atoms with van der Waals surface area (Å²) in [4.78, 5) is 23.6. The smallest absolute Gasteiger partial charge is 0.276 e. The van der Waals surface area contributed by atoms with Gasteiger partial charge in [0.25, 0.3) is 11.8 Å². The quantitative estimate of drug-likeness (QED) is 0.607. The Balaban J connectivity index is 1.43. The average molecular weight is 389 g/mol. The van der Waals surface area contributed by atoms with Gasteiger partial charge in [0, 0.05) is 11.1 Å². The fourth-order valence-corrected chi connectivity index (χ4v) is 2.54. The number of hydrogen-bond donors (Lipinski definition) is 2. The third-order valence-electron chi connectivity index (χ3n) is 3.64. The van der Waals surface area contributed by atoms with Crippen LogP contribution in [0.25, 0.3) is 6.08 Å². The highest BCUT2D eigenvalue weighted by Gasteiger charge is 2.12. The van der Waals surface area contributed by atoms with Gasteiger partial charge in [0.2, 0.25) is 6.79 Å². The Labute approximate surface area is 160 Å². The lowest BCUT2D eigenvalue weighted by atomic mass is 10.2. The first-order valence-corrected chi connectivity index (χ1v) is 8.44. The van der Waals surface area contributed by atoms with Gasteiger partial charge in [-0.05, 0) is 54.5 Å². The lowest BCUT2D eigenvalue weighted by molar-refractivity contribution is -0.128. The van der Waals surface area contributed by atoms with E-state index in [1.807, 2.05) is 6.92 Å². The van der Waals surface area contributed by atoms with Gasteiger partial charge in [0.1, 0.15) is 5.75 Å². The van der Waals surface area contributed by atoms with Crippen molar-refractivity contribution in [3.8, 4) is 17.2 Å². The van der Waals surface area contributed by atoms with E-state index in [0.29, 0.717) is 22.3 Å². The average Bonchev–Trinajstić information content (AvgIpc) is 3.11. The first-order chi connectivity index (χ1) is 13.0. The van der Waals surface area contributed by atoms with Crippen molar-refractivity contribution in [2.75, 3.05) is 13.4 Å². The molecule has 0 unspecified atom stereocenters. The van der Waals surface area contributed by atoms with Crippen LogP contribution in [0.5, 0.6) is 17.2 Å². The van der Waals surface area contributed by atoms with Crippen molar-refractivity contribution in [1.29, 1.82) is 0 Å². The minimum absolute atomic E-state index is 0.187. The Bertz CT molecular complexity index is 898. The number of nitrogens with one attached hydrogen (secondary N) is 2. The summed E-state index contributed by atoms with van der Waals surface area (Å²) in [6, 6.07) is 10.4. The summed E-state index contributed by atoms with van der Waals surface area (Å²) in [6.45, 7) is 1.77. The van der Waals surface area contributed by atoms with Crippen LogP contribution in [0.15, 0.2) is 42.5 Å². The van der Waals surface area contributed by atoms with Crippen LogP contribution in [0.1, 0.15) is 11.1 Å². The molecule has 140 valence electrons. The highest BCUT2D eigenvalue weighted by Crippen LogP contribution is 2.32. The Hall–Kier alpha value is -3.19. The molecule has 2 aromatic rings. The number of amides is 2. The monoisotopic (exact) mass is 388 g/mol. The molecule has 2 N–H and O–H groups in total. The summed E-state index contributed by atoms with van der Waals surface area (Å²) in [6.07, 6.45) is 2.89. The molecule has 8 heteroatoms. The second kappa shape index (κ2) is 8.46. The number of carbonyl (C=O) groups is 2. The number of hydrogen-bond acceptors (Lipinski definition) is 5. The second-order valence-electron chi connectivity index (χ2n) is 5.68. The Morgan fingerprint density at radius 1 is 1.15 bits per heavy atom. The molecule has 1 aliphatic heterocycles. The molecule has 27 heavy (non-hydrogen) atoms. The molecular formula is C19H17ClN2O5. The van der Waals surface area contributed by atoms with Crippen LogP contribution < -0.4 is 25.1 Å². The first kappa shape index (κ1) is 18.6. The lowest BCUT2D eigenvalue weighted by Crippen LogP contribution is -2.43. The van der Waals surface area contributed by atoms with Crippen LogP contribution in [-0.4, -0.2) is 25.2 Å². The molecule has 0 saturated carbocycles. The zero-order valence-corrected chi connectivity index (χ0v) is 15.2. The zero-order chi connectivity index (χ0) is 19.2. The van der Waals surface area contributed by atoms with Crippen molar-refractivity contribution in [2.45, 2.75) is 6.92 Å². The van der Waals surface area contributed by atoms with Gasteiger partial charge in [-0.25, -0.2) is 0 Å². The zero-order valence-electron chi connectivity index (χ0n) is 14.5. The summed E-state index contributed by atoms with van der Waals surface area (Å²) < 4.78 is 15.9. The van der Waals surface area contributed by atoms with Crippen molar-refractivity contribution in [1.82, 2.24) is 10.9 Å². The molecule has 1 heterocycles. The third kappa shape index (κ3) is 5.15. The van der Waals surface area contributed by atoms with Gasteiger partial charge in [-0.2, -0.15) is 0 Å². The molecule has 0 bridgehead atoms. The van der Waals surface area contributed by atoms with Gasteiger partial charge in [-0.1, -0.05) is 17.7 Å². The third-order valence-corrected chi connectivity index (χ3v) is 3.88. The molecule has 7 nitrogen and oxygen atoms in total. The number of ether oxygens (including phenoxy) is 3. The first-order valence-electron chi connectivity index (χ1n) is 8.07. The molecule has 0 radical (unpaired) electrons. The summed E-state index contributed by atoms with van der Waals surface area (Å²) >= 11 is 5.86. The van der Waals surface area contributed by atoms with Gasteiger partial charge in [0.05, 0.1) is 0 Å². The standard InChI is InChI=1S/C19H17ClN2O5/c1-12-8-14(20)4-6-15(12)25-10-19(24)22-21-18(23)7-3-13-2-5-16-17(9-13)27-11-26-16/h2-9H,10-11H2,1H3,(H,21,23)(H,22,24)/b7-3+. The molecule has 3 rings (SSSR count). The normalized spacial score (nSPS) is 12.1. The predicted octanol–water partition coefficient (Wildman–Crippen LogP) is 2.62. The van der Waals surface area contributed by atoms with Crippen LogP contribution >= 0.6 is 11.6 Å². The van der Waals surface area contributed by atoms with Crippen LogP contribution in [-0.2, 0) is 9.59 Å². The van der Waals surface area contributed by atoms with E-state index in [1.165, 1.54) is 6.08 Å². The summed E-state index contributed by atoms with van der Waals surface area (Å²) in [5.41, 5.74) is 6.14. The SMILES string of the molecule is Cc1cc(Cl)ccc1OCC(=O)NNC(=O)/C=C/c1ccc2c(c1)OCO2. The predicted molar refractivity (Wildman–Crippen MR) is 99.6 cm³/mol. The fraction of sp³-hybridized carbons (Fsp3) is 0.158. The molecule has 2 aromatic carbocycles. The van der Waals surface area contributed by atoms with E-state index in [-0.39, 0.29) is 13.4 Å².